The summed E-state index contributed by atoms with van der Waals surface area (Å²) in [5.74, 6) is 1.43. The molecule has 1 saturated heterocycles. The predicted molar refractivity (Wildman–Crippen MR) is 152 cm³/mol. The number of nitrogens with zero attached hydrogens (tertiary/aromatic N) is 4. The molecule has 3 aromatic rings. The number of ether oxygens (including phenoxy) is 3. The largest absolute Gasteiger partial charge is 0.470 e. The summed E-state index contributed by atoms with van der Waals surface area (Å²) in [4.78, 5) is 39.0. The molecular weight excluding hydrogens is 512 g/mol. The number of pyridine rings is 3. The Morgan fingerprint density at radius 3 is 2.52 bits per heavy atom. The number of methoxy groups -OCH3 is 1. The monoisotopic (exact) mass is 550 g/mol. The van der Waals surface area contributed by atoms with Crippen molar-refractivity contribution >= 4 is 34.8 Å². The highest BCUT2D eigenvalue weighted by atomic mass is 16.5. The van der Waals surface area contributed by atoms with E-state index >= 15 is 0 Å². The van der Waals surface area contributed by atoms with E-state index in [0.29, 0.717) is 37.1 Å². The molecule has 4 rings (SSSR count). The van der Waals surface area contributed by atoms with Crippen molar-refractivity contribution in [1.29, 1.82) is 0 Å². The van der Waals surface area contributed by atoms with E-state index in [0.717, 1.165) is 27.6 Å². The van der Waals surface area contributed by atoms with Gasteiger partial charge in [0.1, 0.15) is 29.4 Å². The molecule has 0 aliphatic carbocycles. The number of anilines is 2. The number of likely N-dealkylation sites (tertiary alicyclic amines) is 1. The fourth-order valence-corrected chi connectivity index (χ4v) is 4.60. The van der Waals surface area contributed by atoms with Gasteiger partial charge in [-0.05, 0) is 63.3 Å². The summed E-state index contributed by atoms with van der Waals surface area (Å²) >= 11 is 0. The van der Waals surface area contributed by atoms with Gasteiger partial charge >= 0.3 is 0 Å². The summed E-state index contributed by atoms with van der Waals surface area (Å²) in [6, 6.07) is 5.50. The van der Waals surface area contributed by atoms with Gasteiger partial charge in [0, 0.05) is 31.5 Å². The molecule has 0 spiro atoms. The van der Waals surface area contributed by atoms with Crippen molar-refractivity contribution in [2.75, 3.05) is 25.5 Å². The lowest BCUT2D eigenvalue weighted by Gasteiger charge is -2.39. The number of carbonyl (C=O) groups excluding carboxylic acids is 2. The highest BCUT2D eigenvalue weighted by molar-refractivity contribution is 5.91. The standard InChI is InChI=1S/C29H38N6O5/c1-16-8-9-24(34-26(16)17(2)29(5,6)39-15-36)33-25-10-21-22(18(3)30)11-32-27(23(21)12-31-25)40-20-13-35(14-20)28(37)19(4)38-7/h8-12,15,17-20H,13-14,30H2,1-7H3,(H,31,33,34). The molecular formula is C29H38N6O5. The third-order valence-corrected chi connectivity index (χ3v) is 7.59. The van der Waals surface area contributed by atoms with Crippen LogP contribution in [0.15, 0.2) is 30.6 Å². The second-order valence-electron chi connectivity index (χ2n) is 10.8. The van der Waals surface area contributed by atoms with Gasteiger partial charge in [-0.25, -0.2) is 15.0 Å². The molecule has 3 unspecified atom stereocenters. The van der Waals surface area contributed by atoms with Crippen LogP contribution < -0.4 is 15.8 Å². The van der Waals surface area contributed by atoms with Gasteiger partial charge in [-0.1, -0.05) is 13.0 Å². The highest BCUT2D eigenvalue weighted by Gasteiger charge is 2.35. The molecule has 3 atom stereocenters. The zero-order valence-electron chi connectivity index (χ0n) is 24.1. The van der Waals surface area contributed by atoms with Crippen molar-refractivity contribution in [2.24, 2.45) is 5.73 Å². The molecule has 0 radical (unpaired) electrons. The third kappa shape index (κ3) is 6.00. The van der Waals surface area contributed by atoms with Crippen LogP contribution in [0.1, 0.15) is 63.4 Å². The van der Waals surface area contributed by atoms with Crippen molar-refractivity contribution in [3.05, 3.63) is 47.4 Å². The van der Waals surface area contributed by atoms with E-state index in [1.165, 1.54) is 7.11 Å². The van der Waals surface area contributed by atoms with E-state index in [-0.39, 0.29) is 24.0 Å². The number of aromatic nitrogens is 3. The Morgan fingerprint density at radius 1 is 1.15 bits per heavy atom. The van der Waals surface area contributed by atoms with Gasteiger partial charge in [0.05, 0.1) is 24.2 Å². The third-order valence-electron chi connectivity index (χ3n) is 7.59. The molecule has 214 valence electrons. The molecule has 11 nitrogen and oxygen atoms in total. The molecule has 0 bridgehead atoms. The number of hydrogen-bond acceptors (Lipinski definition) is 10. The Hall–Kier alpha value is -3.83. The summed E-state index contributed by atoms with van der Waals surface area (Å²) in [7, 11) is 1.52. The topological polar surface area (TPSA) is 142 Å². The van der Waals surface area contributed by atoms with Crippen LogP contribution in [0, 0.1) is 6.92 Å². The van der Waals surface area contributed by atoms with Crippen LogP contribution in [0.3, 0.4) is 0 Å². The minimum Gasteiger partial charge on any atom is -0.470 e. The second-order valence-corrected chi connectivity index (χ2v) is 10.8. The maximum Gasteiger partial charge on any atom is 0.293 e. The average Bonchev–Trinajstić information content (AvgIpc) is 2.89. The molecule has 4 heterocycles. The molecule has 0 aromatic carbocycles. The molecule has 0 saturated carbocycles. The highest BCUT2D eigenvalue weighted by Crippen LogP contribution is 2.34. The molecule has 3 N–H and O–H groups in total. The van der Waals surface area contributed by atoms with Gasteiger partial charge in [0.25, 0.3) is 12.4 Å². The first-order valence-electron chi connectivity index (χ1n) is 13.3. The molecule has 1 amide bonds. The number of hydrogen-bond donors (Lipinski definition) is 2. The Kier molecular flexibility index (Phi) is 8.55. The molecule has 1 fully saturated rings. The maximum atomic E-state index is 12.3. The van der Waals surface area contributed by atoms with Crippen LogP contribution >= 0.6 is 0 Å². The van der Waals surface area contributed by atoms with Gasteiger partial charge in [-0.2, -0.15) is 0 Å². The van der Waals surface area contributed by atoms with Crippen LogP contribution in [0.4, 0.5) is 11.6 Å². The minimum absolute atomic E-state index is 0.0630. The summed E-state index contributed by atoms with van der Waals surface area (Å²) < 4.78 is 16.6. The zero-order chi connectivity index (χ0) is 29.2. The lowest BCUT2D eigenvalue weighted by molar-refractivity contribution is -0.150. The fraction of sp³-hybridized carbons (Fsp3) is 0.483. The van der Waals surface area contributed by atoms with Crippen LogP contribution in [0.25, 0.3) is 10.8 Å². The van der Waals surface area contributed by atoms with Crippen molar-refractivity contribution in [3.63, 3.8) is 0 Å². The van der Waals surface area contributed by atoms with Gasteiger partial charge in [-0.3, -0.25) is 9.59 Å². The van der Waals surface area contributed by atoms with Gasteiger partial charge < -0.3 is 30.2 Å². The van der Waals surface area contributed by atoms with Gasteiger partial charge in [0.15, 0.2) is 0 Å². The Morgan fingerprint density at radius 2 is 1.88 bits per heavy atom. The van der Waals surface area contributed by atoms with Gasteiger partial charge in [0.2, 0.25) is 5.88 Å². The molecule has 11 heteroatoms. The van der Waals surface area contributed by atoms with E-state index in [1.54, 1.807) is 24.2 Å². The number of fused-ring (bicyclic) bond motifs is 1. The second kappa shape index (κ2) is 11.7. The van der Waals surface area contributed by atoms with Crippen LogP contribution in [-0.2, 0) is 19.1 Å². The normalized spacial score (nSPS) is 16.1. The van der Waals surface area contributed by atoms with Gasteiger partial charge in [-0.15, -0.1) is 0 Å². The zero-order valence-corrected chi connectivity index (χ0v) is 24.1. The van der Waals surface area contributed by atoms with E-state index in [1.807, 2.05) is 52.8 Å². The maximum absolute atomic E-state index is 12.3. The lowest BCUT2D eigenvalue weighted by atomic mass is 9.87. The Labute approximate surface area is 234 Å². The Bertz CT molecular complexity index is 1390. The smallest absolute Gasteiger partial charge is 0.293 e. The number of rotatable bonds is 11. The van der Waals surface area contributed by atoms with Crippen LogP contribution in [0.2, 0.25) is 0 Å². The SMILES string of the molecule is COC(C)C(=O)N1CC(Oc2ncc(C(C)N)c3cc(Nc4ccc(C)c(C(C)C(C)(C)OC=O)n4)ncc23)C1. The number of aryl methyl sites for hydroxylation is 1. The average molecular weight is 551 g/mol. The molecule has 1 aliphatic heterocycles. The number of nitrogens with one attached hydrogen (secondary N) is 1. The number of nitrogens with two attached hydrogens (primary N) is 1. The Balaban J connectivity index is 1.58. The van der Waals surface area contributed by atoms with Crippen molar-refractivity contribution < 1.29 is 23.8 Å². The summed E-state index contributed by atoms with van der Waals surface area (Å²) in [6.45, 7) is 12.7. The fourth-order valence-electron chi connectivity index (χ4n) is 4.60. The first-order valence-corrected chi connectivity index (χ1v) is 13.3. The first-order chi connectivity index (χ1) is 18.9. The van der Waals surface area contributed by atoms with E-state index < -0.39 is 11.7 Å². The minimum atomic E-state index is -0.721. The van der Waals surface area contributed by atoms with E-state index in [2.05, 4.69) is 15.3 Å². The van der Waals surface area contributed by atoms with Crippen molar-refractivity contribution in [1.82, 2.24) is 19.9 Å². The van der Waals surface area contributed by atoms with E-state index in [4.69, 9.17) is 24.9 Å². The number of carbonyl (C=O) groups is 2. The molecule has 1 aliphatic rings. The first kappa shape index (κ1) is 29.2. The quantitative estimate of drug-likeness (QED) is 0.339. The number of amides is 1. The van der Waals surface area contributed by atoms with Crippen molar-refractivity contribution in [2.45, 2.75) is 71.3 Å². The predicted octanol–water partition coefficient (Wildman–Crippen LogP) is 3.78. The van der Waals surface area contributed by atoms with E-state index in [9.17, 15) is 9.59 Å². The molecule has 40 heavy (non-hydrogen) atoms. The van der Waals surface area contributed by atoms with Crippen molar-refractivity contribution in [3.8, 4) is 5.88 Å². The van der Waals surface area contributed by atoms with Crippen LogP contribution in [-0.4, -0.2) is 70.2 Å². The summed E-state index contributed by atoms with van der Waals surface area (Å²) in [5.41, 5.74) is 8.22. The summed E-state index contributed by atoms with van der Waals surface area (Å²) in [5, 5.41) is 4.89. The lowest BCUT2D eigenvalue weighted by Crippen LogP contribution is -2.58. The summed E-state index contributed by atoms with van der Waals surface area (Å²) in [6.07, 6.45) is 2.77. The molecule has 3 aromatic heterocycles. The van der Waals surface area contributed by atoms with Crippen LogP contribution in [0.5, 0.6) is 5.88 Å².